The van der Waals surface area contributed by atoms with E-state index in [1.165, 1.54) is 7.11 Å². The van der Waals surface area contributed by atoms with Gasteiger partial charge in [-0.25, -0.2) is 0 Å². The summed E-state index contributed by atoms with van der Waals surface area (Å²) in [6, 6.07) is 0. The molecule has 0 heterocycles. The van der Waals surface area contributed by atoms with Crippen LogP contribution < -0.4 is 0 Å². The summed E-state index contributed by atoms with van der Waals surface area (Å²) >= 11 is 0. The maximum Gasteiger partial charge on any atom is 0.308 e. The zero-order chi connectivity index (χ0) is 12.1. The van der Waals surface area contributed by atoms with Crippen molar-refractivity contribution in [3.05, 3.63) is 11.8 Å². The van der Waals surface area contributed by atoms with Crippen LogP contribution in [0.15, 0.2) is 11.8 Å². The predicted molar refractivity (Wildman–Crippen MR) is 64.0 cm³/mol. The van der Waals surface area contributed by atoms with Crippen LogP contribution in [0.4, 0.5) is 0 Å². The Bertz CT molecular complexity index is 241. The van der Waals surface area contributed by atoms with Crippen LogP contribution in [0.5, 0.6) is 0 Å². The quantitative estimate of drug-likeness (QED) is 0.414. The van der Waals surface area contributed by atoms with Crippen molar-refractivity contribution in [2.24, 2.45) is 5.92 Å². The molecule has 3 nitrogen and oxygen atoms in total. The van der Waals surface area contributed by atoms with Gasteiger partial charge >= 0.3 is 5.97 Å². The first-order chi connectivity index (χ1) is 6.76. The van der Waals surface area contributed by atoms with E-state index in [0.29, 0.717) is 6.42 Å². The lowest BCUT2D eigenvalue weighted by molar-refractivity contribution is -0.144. The molecule has 88 valence electrons. The second-order valence-electron chi connectivity index (χ2n) is 4.69. The third-order valence-corrected chi connectivity index (χ3v) is 2.76. The summed E-state index contributed by atoms with van der Waals surface area (Å²) in [5.74, 6) is 0.632. The molecule has 15 heavy (non-hydrogen) atoms. The van der Waals surface area contributed by atoms with E-state index in [0.717, 1.165) is 5.76 Å². The molecule has 0 spiro atoms. The van der Waals surface area contributed by atoms with Gasteiger partial charge in [-0.3, -0.25) is 4.79 Å². The van der Waals surface area contributed by atoms with E-state index in [-0.39, 0.29) is 11.9 Å². The molecule has 0 bridgehead atoms. The molecule has 0 saturated carbocycles. The first-order valence-corrected chi connectivity index (χ1v) is 8.60. The van der Waals surface area contributed by atoms with Gasteiger partial charge in [-0.05, 0) is 39.1 Å². The molecule has 0 aromatic carbocycles. The van der Waals surface area contributed by atoms with Gasteiger partial charge in [0, 0.05) is 0 Å². The predicted octanol–water partition coefficient (Wildman–Crippen LogP) is 2.94. The second-order valence-corrected chi connectivity index (χ2v) is 9.12. The van der Waals surface area contributed by atoms with Gasteiger partial charge in [0.05, 0.1) is 18.8 Å². The summed E-state index contributed by atoms with van der Waals surface area (Å²) in [5.41, 5.74) is 0. The summed E-state index contributed by atoms with van der Waals surface area (Å²) in [5, 5.41) is 0. The Labute approximate surface area is 93.6 Å². The first-order valence-electron chi connectivity index (χ1n) is 5.20. The van der Waals surface area contributed by atoms with Crippen molar-refractivity contribution >= 4 is 14.3 Å². The molecule has 0 radical (unpaired) electrons. The van der Waals surface area contributed by atoms with Crippen LogP contribution in [0.25, 0.3) is 0 Å². The molecule has 0 aliphatic carbocycles. The number of allylic oxidation sites excluding steroid dienone is 2. The van der Waals surface area contributed by atoms with Crippen LogP contribution >= 0.6 is 0 Å². The van der Waals surface area contributed by atoms with E-state index in [2.05, 4.69) is 24.4 Å². The Kier molecular flexibility index (Phi) is 5.65. The average molecular weight is 230 g/mol. The number of hydrogen-bond donors (Lipinski definition) is 0. The van der Waals surface area contributed by atoms with Crippen molar-refractivity contribution in [3.8, 4) is 0 Å². The largest absolute Gasteiger partial charge is 0.548 e. The Balaban J connectivity index is 4.11. The van der Waals surface area contributed by atoms with E-state index >= 15 is 0 Å². The maximum atomic E-state index is 11.1. The Morgan fingerprint density at radius 2 is 1.93 bits per heavy atom. The average Bonchev–Trinajstić information content (AvgIpc) is 2.10. The highest BCUT2D eigenvalue weighted by Gasteiger charge is 2.16. The van der Waals surface area contributed by atoms with Crippen LogP contribution in [-0.2, 0) is 14.0 Å². The normalized spacial score (nSPS) is 14.7. The van der Waals surface area contributed by atoms with Gasteiger partial charge in [-0.15, -0.1) is 0 Å². The van der Waals surface area contributed by atoms with E-state index < -0.39 is 8.32 Å². The highest BCUT2D eigenvalue weighted by molar-refractivity contribution is 6.70. The van der Waals surface area contributed by atoms with Crippen LogP contribution in [0.3, 0.4) is 0 Å². The zero-order valence-electron chi connectivity index (χ0n) is 10.6. The molecular formula is C11H22O3Si. The number of rotatable bonds is 5. The third kappa shape index (κ3) is 7.19. The van der Waals surface area contributed by atoms with Crippen LogP contribution in [-0.4, -0.2) is 21.4 Å². The lowest BCUT2D eigenvalue weighted by Crippen LogP contribution is -2.24. The fourth-order valence-corrected chi connectivity index (χ4v) is 2.21. The minimum Gasteiger partial charge on any atom is -0.548 e. The number of methoxy groups -OCH3 is 1. The third-order valence-electron chi connectivity index (χ3n) is 1.83. The summed E-state index contributed by atoms with van der Waals surface area (Å²) in [6.07, 6.45) is 2.63. The van der Waals surface area contributed by atoms with Gasteiger partial charge < -0.3 is 9.16 Å². The fourth-order valence-electron chi connectivity index (χ4n) is 1.16. The van der Waals surface area contributed by atoms with Crippen LogP contribution in [0, 0.1) is 5.92 Å². The molecular weight excluding hydrogens is 208 g/mol. The number of ether oxygens (including phenoxy) is 1. The zero-order valence-corrected chi connectivity index (χ0v) is 11.6. The number of carbonyl (C=O) groups excluding carboxylic acids is 1. The van der Waals surface area contributed by atoms with Crippen molar-refractivity contribution in [3.63, 3.8) is 0 Å². The van der Waals surface area contributed by atoms with Gasteiger partial charge in [0.25, 0.3) is 0 Å². The van der Waals surface area contributed by atoms with Gasteiger partial charge in [0.15, 0.2) is 0 Å². The highest BCUT2D eigenvalue weighted by Crippen LogP contribution is 2.13. The van der Waals surface area contributed by atoms with Gasteiger partial charge in [0.2, 0.25) is 8.32 Å². The fraction of sp³-hybridized carbons (Fsp3) is 0.727. The van der Waals surface area contributed by atoms with Gasteiger partial charge in [-0.2, -0.15) is 0 Å². The molecule has 0 N–H and O–H groups in total. The smallest absolute Gasteiger partial charge is 0.308 e. The molecule has 0 amide bonds. The lowest BCUT2D eigenvalue weighted by Gasteiger charge is -2.19. The number of esters is 1. The molecule has 0 fully saturated rings. The van der Waals surface area contributed by atoms with E-state index in [4.69, 9.17) is 4.43 Å². The minimum atomic E-state index is -1.51. The molecule has 1 atom stereocenters. The molecule has 0 saturated heterocycles. The van der Waals surface area contributed by atoms with Crippen molar-refractivity contribution < 1.29 is 14.0 Å². The maximum absolute atomic E-state index is 11.1. The molecule has 0 aliphatic rings. The summed E-state index contributed by atoms with van der Waals surface area (Å²) < 4.78 is 10.4. The minimum absolute atomic E-state index is 0.102. The van der Waals surface area contributed by atoms with E-state index in [9.17, 15) is 4.79 Å². The standard InChI is InChI=1S/C11H22O3Si/c1-9(11(12)13-3)7-8-10(2)14-15(4,5)6/h8-9H,7H2,1-6H3/b10-8+. The second kappa shape index (κ2) is 5.95. The molecule has 4 heteroatoms. The summed E-state index contributed by atoms with van der Waals surface area (Å²) in [6.45, 7) is 10.2. The van der Waals surface area contributed by atoms with Crippen molar-refractivity contribution in [2.45, 2.75) is 39.9 Å². The molecule has 0 rings (SSSR count). The topological polar surface area (TPSA) is 35.5 Å². The van der Waals surface area contributed by atoms with Gasteiger partial charge in [0.1, 0.15) is 0 Å². The molecule has 1 unspecified atom stereocenters. The highest BCUT2D eigenvalue weighted by atomic mass is 28.4. The lowest BCUT2D eigenvalue weighted by atomic mass is 10.1. The summed E-state index contributed by atoms with van der Waals surface area (Å²) in [4.78, 5) is 11.1. The molecule has 0 aromatic rings. The van der Waals surface area contributed by atoms with Crippen molar-refractivity contribution in [1.29, 1.82) is 0 Å². The number of carbonyl (C=O) groups is 1. The summed E-state index contributed by atoms with van der Waals surface area (Å²) in [7, 11) is -0.102. The van der Waals surface area contributed by atoms with Crippen LogP contribution in [0.2, 0.25) is 19.6 Å². The van der Waals surface area contributed by atoms with E-state index in [1.54, 1.807) is 0 Å². The number of hydrogen-bond acceptors (Lipinski definition) is 3. The van der Waals surface area contributed by atoms with E-state index in [1.807, 2.05) is 19.9 Å². The molecule has 0 aliphatic heterocycles. The van der Waals surface area contributed by atoms with Crippen LogP contribution in [0.1, 0.15) is 20.3 Å². The Morgan fingerprint density at radius 3 is 2.33 bits per heavy atom. The SMILES string of the molecule is COC(=O)C(C)C/C=C(\C)O[Si](C)(C)C. The Hall–Kier alpha value is -0.773. The monoisotopic (exact) mass is 230 g/mol. The molecule has 0 aromatic heterocycles. The first kappa shape index (κ1) is 14.2. The van der Waals surface area contributed by atoms with Crippen molar-refractivity contribution in [2.75, 3.05) is 7.11 Å². The Morgan fingerprint density at radius 1 is 1.40 bits per heavy atom. The van der Waals surface area contributed by atoms with Crippen molar-refractivity contribution in [1.82, 2.24) is 0 Å². The van der Waals surface area contributed by atoms with Gasteiger partial charge in [-0.1, -0.05) is 6.92 Å².